The highest BCUT2D eigenvalue weighted by Gasteiger charge is 2.26. The zero-order valence-corrected chi connectivity index (χ0v) is 15.2. The van der Waals surface area contributed by atoms with Gasteiger partial charge in [0, 0.05) is 19.5 Å². The smallest absolute Gasteiger partial charge is 0.303 e. The van der Waals surface area contributed by atoms with Gasteiger partial charge in [0.1, 0.15) is 5.75 Å². The van der Waals surface area contributed by atoms with E-state index in [0.717, 1.165) is 5.69 Å². The fourth-order valence-corrected chi connectivity index (χ4v) is 3.17. The average Bonchev–Trinajstić information content (AvgIpc) is 2.95. The van der Waals surface area contributed by atoms with Crippen LogP contribution >= 0.6 is 0 Å². The van der Waals surface area contributed by atoms with Crippen molar-refractivity contribution in [2.75, 3.05) is 13.7 Å². The number of carbonyl (C=O) groups excluding carboxylic acids is 1. The lowest BCUT2D eigenvalue weighted by molar-refractivity contribution is -0.141. The molecular weight excluding hydrogens is 350 g/mol. The summed E-state index contributed by atoms with van der Waals surface area (Å²) in [4.78, 5) is 25.1. The van der Waals surface area contributed by atoms with Crippen LogP contribution in [0.4, 0.5) is 0 Å². The molecule has 0 bridgehead atoms. The first kappa shape index (κ1) is 18.9. The highest BCUT2D eigenvalue weighted by Crippen LogP contribution is 2.22. The number of aromatic nitrogens is 2. The molecule has 0 saturated heterocycles. The zero-order valence-electron chi connectivity index (χ0n) is 15.2. The summed E-state index contributed by atoms with van der Waals surface area (Å²) in [6, 6.07) is 8.60. The number of carbonyl (C=O) groups is 2. The number of nitrogens with zero attached hydrogens (tertiary/aromatic N) is 3. The zero-order chi connectivity index (χ0) is 19.4. The van der Waals surface area contributed by atoms with Crippen molar-refractivity contribution in [3.05, 3.63) is 47.3 Å². The Bertz CT molecular complexity index is 815. The SMILES string of the molecule is COc1ccc([C@H](O)C(=O)N2CCCn3nc(CCC(=O)O)cc3C2)cc1. The number of amides is 1. The second-order valence-corrected chi connectivity index (χ2v) is 6.53. The predicted octanol–water partition coefficient (Wildman–Crippen LogP) is 1.37. The van der Waals surface area contributed by atoms with Crippen LogP contribution in [-0.2, 0) is 29.1 Å². The number of fused-ring (bicyclic) bond motifs is 1. The van der Waals surface area contributed by atoms with Crippen LogP contribution in [0.3, 0.4) is 0 Å². The van der Waals surface area contributed by atoms with E-state index in [0.29, 0.717) is 49.5 Å². The van der Waals surface area contributed by atoms with Gasteiger partial charge in [-0.1, -0.05) is 12.1 Å². The Morgan fingerprint density at radius 2 is 2.00 bits per heavy atom. The molecule has 1 aliphatic rings. The maximum Gasteiger partial charge on any atom is 0.303 e. The van der Waals surface area contributed by atoms with Gasteiger partial charge in [0.15, 0.2) is 6.10 Å². The van der Waals surface area contributed by atoms with E-state index in [1.54, 1.807) is 36.3 Å². The van der Waals surface area contributed by atoms with Crippen LogP contribution in [0, 0.1) is 0 Å². The molecule has 0 fully saturated rings. The first-order valence-electron chi connectivity index (χ1n) is 8.86. The van der Waals surface area contributed by atoms with E-state index < -0.39 is 12.1 Å². The number of carboxylic acid groups (broad SMARTS) is 1. The third kappa shape index (κ3) is 4.46. The van der Waals surface area contributed by atoms with Crippen LogP contribution in [0.1, 0.15) is 35.9 Å². The lowest BCUT2D eigenvalue weighted by atomic mass is 10.1. The number of methoxy groups -OCH3 is 1. The van der Waals surface area contributed by atoms with E-state index in [2.05, 4.69) is 5.10 Å². The van der Waals surface area contributed by atoms with Gasteiger partial charge in [-0.05, 0) is 30.2 Å². The molecule has 1 amide bonds. The Balaban J connectivity index is 1.71. The van der Waals surface area contributed by atoms with Crippen LogP contribution in [0.2, 0.25) is 0 Å². The molecule has 0 saturated carbocycles. The quantitative estimate of drug-likeness (QED) is 0.793. The lowest BCUT2D eigenvalue weighted by Gasteiger charge is -2.23. The van der Waals surface area contributed by atoms with Crippen LogP contribution in [0.5, 0.6) is 5.75 Å². The van der Waals surface area contributed by atoms with Crippen molar-refractivity contribution in [2.24, 2.45) is 0 Å². The maximum absolute atomic E-state index is 12.8. The Kier molecular flexibility index (Phi) is 5.75. The molecule has 2 N–H and O–H groups in total. The largest absolute Gasteiger partial charge is 0.497 e. The monoisotopic (exact) mass is 373 g/mol. The highest BCUT2D eigenvalue weighted by molar-refractivity contribution is 5.82. The van der Waals surface area contributed by atoms with Crippen molar-refractivity contribution in [1.82, 2.24) is 14.7 Å². The molecule has 27 heavy (non-hydrogen) atoms. The minimum atomic E-state index is -1.24. The van der Waals surface area contributed by atoms with Crippen LogP contribution in [0.25, 0.3) is 0 Å². The number of aliphatic carboxylic acids is 1. The van der Waals surface area contributed by atoms with Gasteiger partial charge >= 0.3 is 5.97 Å². The van der Waals surface area contributed by atoms with Gasteiger partial charge in [-0.3, -0.25) is 14.3 Å². The summed E-state index contributed by atoms with van der Waals surface area (Å²) < 4.78 is 6.92. The number of carboxylic acids is 1. The van der Waals surface area contributed by atoms with Crippen LogP contribution in [-0.4, -0.2) is 50.4 Å². The number of rotatable bonds is 6. The molecule has 8 nitrogen and oxygen atoms in total. The molecule has 2 heterocycles. The molecule has 8 heteroatoms. The van der Waals surface area contributed by atoms with Crippen molar-refractivity contribution in [3.8, 4) is 5.75 Å². The Morgan fingerprint density at radius 1 is 1.26 bits per heavy atom. The van der Waals surface area contributed by atoms with E-state index in [1.165, 1.54) is 0 Å². The van der Waals surface area contributed by atoms with Crippen molar-refractivity contribution >= 4 is 11.9 Å². The van der Waals surface area contributed by atoms with E-state index in [-0.39, 0.29) is 12.3 Å². The molecule has 1 atom stereocenters. The van der Waals surface area contributed by atoms with Gasteiger partial charge in [-0.25, -0.2) is 0 Å². The number of benzene rings is 1. The Morgan fingerprint density at radius 3 is 2.67 bits per heavy atom. The van der Waals surface area contributed by atoms with Crippen molar-refractivity contribution < 1.29 is 24.5 Å². The molecule has 3 rings (SSSR count). The second-order valence-electron chi connectivity index (χ2n) is 6.53. The van der Waals surface area contributed by atoms with E-state index in [1.807, 2.05) is 10.7 Å². The number of ether oxygens (including phenoxy) is 1. The molecular formula is C19H23N3O5. The van der Waals surface area contributed by atoms with Crippen molar-refractivity contribution in [1.29, 1.82) is 0 Å². The minimum Gasteiger partial charge on any atom is -0.497 e. The molecule has 1 aromatic carbocycles. The number of aliphatic hydroxyl groups excluding tert-OH is 1. The summed E-state index contributed by atoms with van der Waals surface area (Å²) >= 11 is 0. The third-order valence-corrected chi connectivity index (χ3v) is 4.64. The molecule has 2 aromatic rings. The maximum atomic E-state index is 12.8. The molecule has 0 radical (unpaired) electrons. The van der Waals surface area contributed by atoms with E-state index >= 15 is 0 Å². The van der Waals surface area contributed by atoms with Gasteiger partial charge in [0.2, 0.25) is 0 Å². The van der Waals surface area contributed by atoms with Gasteiger partial charge in [-0.2, -0.15) is 5.10 Å². The van der Waals surface area contributed by atoms with Crippen LogP contribution in [0.15, 0.2) is 30.3 Å². The minimum absolute atomic E-state index is 0.0231. The number of hydrogen-bond acceptors (Lipinski definition) is 5. The van der Waals surface area contributed by atoms with Gasteiger partial charge in [0.05, 0.1) is 31.5 Å². The summed E-state index contributed by atoms with van der Waals surface area (Å²) in [6.45, 7) is 1.52. The average molecular weight is 373 g/mol. The van der Waals surface area contributed by atoms with E-state index in [4.69, 9.17) is 9.84 Å². The summed E-state index contributed by atoms with van der Waals surface area (Å²) in [5.74, 6) is -0.564. The van der Waals surface area contributed by atoms with Gasteiger partial charge < -0.3 is 19.8 Å². The third-order valence-electron chi connectivity index (χ3n) is 4.64. The number of hydrogen-bond donors (Lipinski definition) is 2. The summed E-state index contributed by atoms with van der Waals surface area (Å²) in [7, 11) is 1.56. The Labute approximate surface area is 157 Å². The number of aliphatic hydroxyl groups is 1. The summed E-state index contributed by atoms with van der Waals surface area (Å²) in [6.07, 6.45) is -0.141. The topological polar surface area (TPSA) is 105 Å². The molecule has 1 aliphatic heterocycles. The summed E-state index contributed by atoms with van der Waals surface area (Å²) in [5, 5.41) is 23.7. The fourth-order valence-electron chi connectivity index (χ4n) is 3.17. The van der Waals surface area contributed by atoms with Crippen molar-refractivity contribution in [2.45, 2.75) is 38.5 Å². The van der Waals surface area contributed by atoms with Gasteiger partial charge in [0.25, 0.3) is 5.91 Å². The second kappa shape index (κ2) is 8.22. The van der Waals surface area contributed by atoms with E-state index in [9.17, 15) is 14.7 Å². The summed E-state index contributed by atoms with van der Waals surface area (Å²) in [5.41, 5.74) is 2.07. The predicted molar refractivity (Wildman–Crippen MR) is 96.2 cm³/mol. The lowest BCUT2D eigenvalue weighted by Crippen LogP contribution is -2.34. The normalized spacial score (nSPS) is 15.0. The highest BCUT2D eigenvalue weighted by atomic mass is 16.5. The first-order valence-corrected chi connectivity index (χ1v) is 8.86. The molecule has 0 unspecified atom stereocenters. The number of aryl methyl sites for hydroxylation is 2. The molecule has 1 aromatic heterocycles. The first-order chi connectivity index (χ1) is 13.0. The molecule has 144 valence electrons. The van der Waals surface area contributed by atoms with Crippen LogP contribution < -0.4 is 4.74 Å². The van der Waals surface area contributed by atoms with Gasteiger partial charge in [-0.15, -0.1) is 0 Å². The van der Waals surface area contributed by atoms with Crippen molar-refractivity contribution in [3.63, 3.8) is 0 Å². The fraction of sp³-hybridized carbons (Fsp3) is 0.421. The Hall–Kier alpha value is -2.87. The standard InChI is InChI=1S/C19H23N3O5/c1-27-16-6-3-13(4-7-16)18(25)19(26)21-9-2-10-22-15(12-21)11-14(20-22)5-8-17(23)24/h3-4,6-7,11,18,25H,2,5,8-10,12H2,1H3,(H,23,24)/t18-/m0/s1. The molecule has 0 spiro atoms. The molecule has 0 aliphatic carbocycles.